The summed E-state index contributed by atoms with van der Waals surface area (Å²) in [6.07, 6.45) is 2.31. The van der Waals surface area contributed by atoms with Gasteiger partial charge in [-0.2, -0.15) is 0 Å². The van der Waals surface area contributed by atoms with Crippen molar-refractivity contribution in [3.05, 3.63) is 70.3 Å². The monoisotopic (exact) mass is 389 g/mol. The van der Waals surface area contributed by atoms with E-state index >= 15 is 0 Å². The van der Waals surface area contributed by atoms with Crippen LogP contribution in [0.1, 0.15) is 54.9 Å². The van der Waals surface area contributed by atoms with Crippen molar-refractivity contribution >= 4 is 0 Å². The number of nitrogens with one attached hydrogen (secondary N) is 1. The van der Waals surface area contributed by atoms with E-state index in [1.54, 1.807) is 0 Å². The van der Waals surface area contributed by atoms with Crippen LogP contribution in [0.2, 0.25) is 0 Å². The fourth-order valence-corrected chi connectivity index (χ4v) is 3.73. The number of benzene rings is 2. The molecule has 2 aromatic carbocycles. The zero-order valence-electron chi connectivity index (χ0n) is 17.5. The second-order valence-corrected chi connectivity index (χ2v) is 7.56. The van der Waals surface area contributed by atoms with E-state index in [1.807, 2.05) is 0 Å². The Morgan fingerprint density at radius 2 is 1.46 bits per heavy atom. The van der Waals surface area contributed by atoms with Crippen molar-refractivity contribution in [3.63, 3.8) is 0 Å². The normalized spacial score (nSPS) is 12.5. The number of ether oxygens (including phenoxy) is 1. The summed E-state index contributed by atoms with van der Waals surface area (Å²) >= 11 is 0. The van der Waals surface area contributed by atoms with E-state index in [2.05, 4.69) is 51.2 Å². The van der Waals surface area contributed by atoms with Crippen molar-refractivity contribution in [2.45, 2.75) is 53.1 Å². The minimum atomic E-state index is -0.560. The van der Waals surface area contributed by atoms with Gasteiger partial charge >= 0.3 is 0 Å². The lowest BCUT2D eigenvalue weighted by Crippen LogP contribution is -2.29. The molecule has 0 saturated heterocycles. The van der Waals surface area contributed by atoms with E-state index in [-0.39, 0.29) is 18.1 Å². The quantitative estimate of drug-likeness (QED) is 0.516. The molecule has 0 amide bonds. The Kier molecular flexibility index (Phi) is 9.07. The van der Waals surface area contributed by atoms with Gasteiger partial charge in [0, 0.05) is 18.0 Å². The molecule has 28 heavy (non-hydrogen) atoms. The molecular weight excluding hydrogens is 356 g/mol. The van der Waals surface area contributed by atoms with Crippen LogP contribution < -0.4 is 5.32 Å². The van der Waals surface area contributed by atoms with Gasteiger partial charge in [0.15, 0.2) is 0 Å². The van der Waals surface area contributed by atoms with Gasteiger partial charge in [-0.15, -0.1) is 0 Å². The van der Waals surface area contributed by atoms with Gasteiger partial charge in [-0.1, -0.05) is 51.0 Å². The van der Waals surface area contributed by atoms with Crippen LogP contribution in [0.3, 0.4) is 0 Å². The highest BCUT2D eigenvalue weighted by atomic mass is 19.1. The Balaban J connectivity index is 2.07. The van der Waals surface area contributed by atoms with Gasteiger partial charge in [0.05, 0.1) is 13.2 Å². The number of halogens is 2. The van der Waals surface area contributed by atoms with Crippen LogP contribution in [0.15, 0.2) is 36.4 Å². The molecule has 0 spiro atoms. The van der Waals surface area contributed by atoms with Crippen LogP contribution in [0, 0.1) is 31.4 Å². The van der Waals surface area contributed by atoms with Crippen molar-refractivity contribution in [1.82, 2.24) is 5.32 Å². The lowest BCUT2D eigenvalue weighted by atomic mass is 9.91. The van der Waals surface area contributed by atoms with Crippen molar-refractivity contribution in [3.8, 4) is 0 Å². The fraction of sp³-hybridized carbons (Fsp3) is 0.500. The Labute approximate surface area is 168 Å². The average Bonchev–Trinajstić information content (AvgIpc) is 2.66. The molecule has 0 bridgehead atoms. The lowest BCUT2D eigenvalue weighted by Gasteiger charge is -2.24. The van der Waals surface area contributed by atoms with E-state index in [0.29, 0.717) is 12.5 Å². The summed E-state index contributed by atoms with van der Waals surface area (Å²) in [5, 5.41) is 3.58. The first-order valence-corrected chi connectivity index (χ1v) is 10.2. The third-order valence-corrected chi connectivity index (χ3v) is 5.56. The molecule has 154 valence electrons. The molecule has 1 unspecified atom stereocenters. The lowest BCUT2D eigenvalue weighted by molar-refractivity contribution is 0.101. The third-order valence-electron chi connectivity index (χ3n) is 5.56. The maximum atomic E-state index is 13.9. The molecule has 4 heteroatoms. The van der Waals surface area contributed by atoms with Gasteiger partial charge in [0.1, 0.15) is 11.6 Å². The minimum Gasteiger partial charge on any atom is -0.376 e. The number of rotatable bonds is 11. The SMILES string of the molecule is CCC(CC)CNCC(COCc1c(F)cccc1F)c1c(C)cccc1C. The van der Waals surface area contributed by atoms with Gasteiger partial charge < -0.3 is 10.1 Å². The van der Waals surface area contributed by atoms with Crippen molar-refractivity contribution in [2.75, 3.05) is 19.7 Å². The maximum Gasteiger partial charge on any atom is 0.131 e. The Hall–Kier alpha value is -1.78. The van der Waals surface area contributed by atoms with Gasteiger partial charge in [0.25, 0.3) is 0 Å². The van der Waals surface area contributed by atoms with E-state index in [4.69, 9.17) is 4.74 Å². The zero-order chi connectivity index (χ0) is 20.5. The van der Waals surface area contributed by atoms with Crippen molar-refractivity contribution in [1.29, 1.82) is 0 Å². The molecule has 0 fully saturated rings. The molecule has 0 aliphatic carbocycles. The number of hydrogen-bond donors (Lipinski definition) is 1. The van der Waals surface area contributed by atoms with Crippen LogP contribution in [-0.2, 0) is 11.3 Å². The summed E-state index contributed by atoms with van der Waals surface area (Å²) < 4.78 is 33.5. The molecule has 1 N–H and O–H groups in total. The highest BCUT2D eigenvalue weighted by Crippen LogP contribution is 2.25. The van der Waals surface area contributed by atoms with Crippen LogP contribution >= 0.6 is 0 Å². The molecular formula is C24H33F2NO. The molecule has 2 nitrogen and oxygen atoms in total. The van der Waals surface area contributed by atoms with E-state index < -0.39 is 11.6 Å². The van der Waals surface area contributed by atoms with Crippen molar-refractivity contribution in [2.24, 2.45) is 5.92 Å². The van der Waals surface area contributed by atoms with Crippen LogP contribution in [0.5, 0.6) is 0 Å². The Morgan fingerprint density at radius 3 is 2.04 bits per heavy atom. The zero-order valence-corrected chi connectivity index (χ0v) is 17.5. The topological polar surface area (TPSA) is 21.3 Å². The second-order valence-electron chi connectivity index (χ2n) is 7.56. The molecule has 0 saturated carbocycles. The first kappa shape index (κ1) is 22.5. The molecule has 0 aliphatic rings. The van der Waals surface area contributed by atoms with E-state index in [1.165, 1.54) is 34.9 Å². The fourth-order valence-electron chi connectivity index (χ4n) is 3.73. The Morgan fingerprint density at radius 1 is 0.893 bits per heavy atom. The minimum absolute atomic E-state index is 0.00672. The summed E-state index contributed by atoms with van der Waals surface area (Å²) in [5.74, 6) is -0.330. The molecule has 0 aromatic heterocycles. The van der Waals surface area contributed by atoms with Crippen molar-refractivity contribution < 1.29 is 13.5 Å². The smallest absolute Gasteiger partial charge is 0.131 e. The number of aryl methyl sites for hydroxylation is 2. The number of hydrogen-bond acceptors (Lipinski definition) is 2. The first-order valence-electron chi connectivity index (χ1n) is 10.2. The van der Waals surface area contributed by atoms with Gasteiger partial charge in [-0.25, -0.2) is 8.78 Å². The highest BCUT2D eigenvalue weighted by molar-refractivity contribution is 5.37. The van der Waals surface area contributed by atoms with Gasteiger partial charge in [-0.05, 0) is 55.1 Å². The molecule has 2 aromatic rings. The summed E-state index contributed by atoms with van der Waals surface area (Å²) in [6, 6.07) is 10.2. The highest BCUT2D eigenvalue weighted by Gasteiger charge is 2.18. The molecule has 0 radical (unpaired) electrons. The summed E-state index contributed by atoms with van der Waals surface area (Å²) in [5.41, 5.74) is 3.69. The average molecular weight is 390 g/mol. The third kappa shape index (κ3) is 6.11. The van der Waals surface area contributed by atoms with Gasteiger partial charge in [-0.3, -0.25) is 0 Å². The summed E-state index contributed by atoms with van der Waals surface area (Å²) in [7, 11) is 0. The predicted molar refractivity (Wildman–Crippen MR) is 112 cm³/mol. The van der Waals surface area contributed by atoms with E-state index in [9.17, 15) is 8.78 Å². The molecule has 0 aliphatic heterocycles. The van der Waals surface area contributed by atoms with Crippen LogP contribution in [-0.4, -0.2) is 19.7 Å². The van der Waals surface area contributed by atoms with Crippen LogP contribution in [0.25, 0.3) is 0 Å². The molecule has 1 atom stereocenters. The Bertz CT molecular complexity index is 703. The molecule has 2 rings (SSSR count). The summed E-state index contributed by atoms with van der Waals surface area (Å²) in [6.45, 7) is 10.7. The van der Waals surface area contributed by atoms with Crippen LogP contribution in [0.4, 0.5) is 8.78 Å². The molecule has 0 heterocycles. The standard InChI is InChI=1S/C24H33F2NO/c1-5-19(6-2)13-27-14-20(24-17(3)9-7-10-18(24)4)15-28-16-21-22(25)11-8-12-23(21)26/h7-12,19-20,27H,5-6,13-16H2,1-4H3. The summed E-state index contributed by atoms with van der Waals surface area (Å²) in [4.78, 5) is 0. The van der Waals surface area contributed by atoms with E-state index in [0.717, 1.165) is 25.9 Å². The largest absolute Gasteiger partial charge is 0.376 e. The van der Waals surface area contributed by atoms with Gasteiger partial charge in [0.2, 0.25) is 0 Å². The first-order chi connectivity index (χ1) is 13.5. The second kappa shape index (κ2) is 11.3. The predicted octanol–water partition coefficient (Wildman–Crippen LogP) is 5.91. The maximum absolute atomic E-state index is 13.9.